The summed E-state index contributed by atoms with van der Waals surface area (Å²) in [5.41, 5.74) is 2.02. The van der Waals surface area contributed by atoms with Crippen molar-refractivity contribution < 1.29 is 12.8 Å². The van der Waals surface area contributed by atoms with Gasteiger partial charge >= 0.3 is 0 Å². The second-order valence-electron chi connectivity index (χ2n) is 6.79. The molecule has 8 heteroatoms. The van der Waals surface area contributed by atoms with E-state index in [1.807, 2.05) is 18.2 Å². The fraction of sp³-hybridized carbons (Fsp3) is 0.526. The summed E-state index contributed by atoms with van der Waals surface area (Å²) in [5.74, 6) is 1.75. The molecule has 0 unspecified atom stereocenters. The molecular weight excluding hydrogens is 364 g/mol. The first-order valence-electron chi connectivity index (χ1n) is 9.36. The predicted octanol–water partition coefficient (Wildman–Crippen LogP) is 2.22. The van der Waals surface area contributed by atoms with Crippen LogP contribution < -0.4 is 10.6 Å². The number of aryl methyl sites for hydroxylation is 1. The van der Waals surface area contributed by atoms with Gasteiger partial charge < -0.3 is 15.1 Å². The van der Waals surface area contributed by atoms with Crippen molar-refractivity contribution in [2.45, 2.75) is 39.3 Å². The van der Waals surface area contributed by atoms with Gasteiger partial charge in [-0.1, -0.05) is 18.2 Å². The number of rotatable bonds is 5. The van der Waals surface area contributed by atoms with E-state index in [9.17, 15) is 8.42 Å². The summed E-state index contributed by atoms with van der Waals surface area (Å²) in [7, 11) is -1.36. The summed E-state index contributed by atoms with van der Waals surface area (Å²) in [6, 6.07) is 8.21. The Morgan fingerprint density at radius 1 is 1.30 bits per heavy atom. The average Bonchev–Trinajstić information content (AvgIpc) is 3.01. The maximum absolute atomic E-state index is 12.0. The molecule has 0 aliphatic carbocycles. The maximum Gasteiger partial charge on any atom is 0.213 e. The predicted molar refractivity (Wildman–Crippen MR) is 108 cm³/mol. The molecule has 1 aliphatic rings. The molecule has 148 valence electrons. The molecule has 2 heterocycles. The number of nitrogens with one attached hydrogen (secondary N) is 2. The van der Waals surface area contributed by atoms with E-state index in [0.717, 1.165) is 35.1 Å². The van der Waals surface area contributed by atoms with E-state index in [0.29, 0.717) is 25.6 Å². The number of guanidine groups is 1. The minimum Gasteiger partial charge on any atom is -0.459 e. The number of sulfonamides is 1. The van der Waals surface area contributed by atoms with Crippen molar-refractivity contribution in [1.82, 2.24) is 14.9 Å². The molecule has 0 amide bonds. The molecule has 1 aromatic carbocycles. The number of nitrogens with zero attached hydrogens (tertiary/aromatic N) is 2. The van der Waals surface area contributed by atoms with Gasteiger partial charge in [-0.15, -0.1) is 0 Å². The number of furan rings is 1. The zero-order chi connectivity index (χ0) is 19.4. The van der Waals surface area contributed by atoms with Crippen LogP contribution in [0.15, 0.2) is 33.7 Å². The van der Waals surface area contributed by atoms with Crippen LogP contribution in [0.25, 0.3) is 11.0 Å². The smallest absolute Gasteiger partial charge is 0.213 e. The average molecular weight is 393 g/mol. The van der Waals surface area contributed by atoms with Crippen molar-refractivity contribution >= 4 is 27.0 Å². The molecular formula is C19H28N4O3S. The molecule has 0 saturated carbocycles. The molecule has 27 heavy (non-hydrogen) atoms. The number of fused-ring (bicyclic) bond motifs is 1. The zero-order valence-corrected chi connectivity index (χ0v) is 17.0. The molecule has 1 fully saturated rings. The van der Waals surface area contributed by atoms with E-state index < -0.39 is 10.0 Å². The number of hydrogen-bond acceptors (Lipinski definition) is 4. The number of aliphatic imine (C=N–C) groups is 1. The van der Waals surface area contributed by atoms with Crippen molar-refractivity contribution in [3.63, 3.8) is 0 Å². The molecule has 0 bridgehead atoms. The minimum atomic E-state index is -3.10. The Hall–Kier alpha value is -2.06. The van der Waals surface area contributed by atoms with Crippen molar-refractivity contribution in [3.05, 3.63) is 35.6 Å². The lowest BCUT2D eigenvalue weighted by Crippen LogP contribution is -2.49. The van der Waals surface area contributed by atoms with Gasteiger partial charge in [-0.3, -0.25) is 4.99 Å². The van der Waals surface area contributed by atoms with Crippen LogP contribution in [0.2, 0.25) is 0 Å². The Labute approximate surface area is 160 Å². The normalized spacial score (nSPS) is 17.4. The summed E-state index contributed by atoms with van der Waals surface area (Å²) in [5, 5.41) is 7.82. The molecule has 7 nitrogen and oxygen atoms in total. The second-order valence-corrected chi connectivity index (χ2v) is 9.05. The molecule has 0 atom stereocenters. The van der Waals surface area contributed by atoms with Gasteiger partial charge in [0, 0.05) is 37.1 Å². The maximum atomic E-state index is 12.0. The van der Waals surface area contributed by atoms with E-state index >= 15 is 0 Å². The van der Waals surface area contributed by atoms with Crippen molar-refractivity contribution in [2.75, 3.05) is 25.9 Å². The highest BCUT2D eigenvalue weighted by Crippen LogP contribution is 2.24. The summed E-state index contributed by atoms with van der Waals surface area (Å²) in [6.45, 7) is 5.39. The first-order valence-corrected chi connectivity index (χ1v) is 11.0. The van der Waals surface area contributed by atoms with Crippen LogP contribution in [-0.4, -0.2) is 50.6 Å². The third-order valence-corrected chi connectivity index (χ3v) is 7.02. The van der Waals surface area contributed by atoms with Gasteiger partial charge in [0.1, 0.15) is 11.3 Å². The van der Waals surface area contributed by atoms with Crippen molar-refractivity contribution in [1.29, 1.82) is 0 Å². The summed E-state index contributed by atoms with van der Waals surface area (Å²) < 4.78 is 31.4. The monoisotopic (exact) mass is 392 g/mol. The summed E-state index contributed by atoms with van der Waals surface area (Å²) >= 11 is 0. The fourth-order valence-corrected chi connectivity index (χ4v) is 4.54. The molecule has 2 N–H and O–H groups in total. The lowest BCUT2D eigenvalue weighted by atomic mass is 10.1. The lowest BCUT2D eigenvalue weighted by Gasteiger charge is -2.32. The third-order valence-electron chi connectivity index (χ3n) is 5.14. The van der Waals surface area contributed by atoms with Gasteiger partial charge in [-0.05, 0) is 32.8 Å². The Bertz CT molecular complexity index is 912. The van der Waals surface area contributed by atoms with Crippen LogP contribution in [0.5, 0.6) is 0 Å². The molecule has 0 radical (unpaired) electrons. The Morgan fingerprint density at radius 2 is 2.00 bits per heavy atom. The summed E-state index contributed by atoms with van der Waals surface area (Å²) in [4.78, 5) is 4.29. The topological polar surface area (TPSA) is 86.9 Å². The Kier molecular flexibility index (Phi) is 6.06. The first kappa shape index (κ1) is 19.7. The van der Waals surface area contributed by atoms with Crippen LogP contribution in [0, 0.1) is 6.92 Å². The van der Waals surface area contributed by atoms with E-state index in [-0.39, 0.29) is 11.8 Å². The van der Waals surface area contributed by atoms with Crippen LogP contribution in [0.1, 0.15) is 31.1 Å². The molecule has 3 rings (SSSR count). The highest BCUT2D eigenvalue weighted by atomic mass is 32.2. The van der Waals surface area contributed by atoms with Gasteiger partial charge in [0.25, 0.3) is 0 Å². The Morgan fingerprint density at radius 3 is 2.63 bits per heavy atom. The molecule has 2 aromatic rings. The number of hydrogen-bond donors (Lipinski definition) is 2. The van der Waals surface area contributed by atoms with E-state index in [2.05, 4.69) is 28.6 Å². The quantitative estimate of drug-likeness (QED) is 0.602. The SMILES string of the molecule is CCS(=O)(=O)N1CCC(NC(=NC)NCc2oc3ccccc3c2C)CC1. The van der Waals surface area contributed by atoms with Gasteiger partial charge in [0.15, 0.2) is 5.96 Å². The fourth-order valence-electron chi connectivity index (χ4n) is 3.41. The minimum absolute atomic E-state index is 0.158. The molecule has 1 aliphatic heterocycles. The lowest BCUT2D eigenvalue weighted by molar-refractivity contribution is 0.306. The second kappa shape index (κ2) is 8.31. The van der Waals surface area contributed by atoms with E-state index in [1.54, 1.807) is 18.3 Å². The van der Waals surface area contributed by atoms with Crippen molar-refractivity contribution in [3.8, 4) is 0 Å². The van der Waals surface area contributed by atoms with Crippen molar-refractivity contribution in [2.24, 2.45) is 4.99 Å². The molecule has 1 aromatic heterocycles. The zero-order valence-electron chi connectivity index (χ0n) is 16.2. The number of benzene rings is 1. The van der Waals surface area contributed by atoms with Gasteiger partial charge in [0.05, 0.1) is 12.3 Å². The first-order chi connectivity index (χ1) is 12.9. The van der Waals surface area contributed by atoms with Gasteiger partial charge in [-0.2, -0.15) is 0 Å². The van der Waals surface area contributed by atoms with E-state index in [4.69, 9.17) is 4.42 Å². The highest BCUT2D eigenvalue weighted by Gasteiger charge is 2.27. The van der Waals surface area contributed by atoms with Gasteiger partial charge in [-0.25, -0.2) is 12.7 Å². The standard InChI is InChI=1S/C19H28N4O3S/c1-4-27(24,25)23-11-9-15(10-12-23)22-19(20-3)21-13-18-14(2)16-7-5-6-8-17(16)26-18/h5-8,15H,4,9-13H2,1-3H3,(H2,20,21,22). The van der Waals surface area contributed by atoms with E-state index in [1.165, 1.54) is 0 Å². The molecule has 1 saturated heterocycles. The molecule has 0 spiro atoms. The highest BCUT2D eigenvalue weighted by molar-refractivity contribution is 7.89. The summed E-state index contributed by atoms with van der Waals surface area (Å²) in [6.07, 6.45) is 1.53. The third kappa shape index (κ3) is 4.44. The van der Waals surface area contributed by atoms with Crippen LogP contribution in [0.3, 0.4) is 0 Å². The van der Waals surface area contributed by atoms with Gasteiger partial charge in [0.2, 0.25) is 10.0 Å². The number of para-hydroxylation sites is 1. The largest absolute Gasteiger partial charge is 0.459 e. The number of piperidine rings is 1. The van der Waals surface area contributed by atoms with Crippen LogP contribution in [-0.2, 0) is 16.6 Å². The Balaban J connectivity index is 1.55. The van der Waals surface area contributed by atoms with Crippen LogP contribution in [0.4, 0.5) is 0 Å². The van der Waals surface area contributed by atoms with Crippen LogP contribution >= 0.6 is 0 Å².